The van der Waals surface area contributed by atoms with Gasteiger partial charge in [-0.05, 0) is 36.2 Å². The highest BCUT2D eigenvalue weighted by atomic mass is 16.5. The Bertz CT molecular complexity index is 611. The Labute approximate surface area is 144 Å². The van der Waals surface area contributed by atoms with Crippen LogP contribution in [0, 0.1) is 0 Å². The van der Waals surface area contributed by atoms with Gasteiger partial charge in [-0.2, -0.15) is 0 Å². The van der Waals surface area contributed by atoms with Crippen LogP contribution in [0.25, 0.3) is 0 Å². The first-order valence-corrected chi connectivity index (χ1v) is 8.30. The normalized spacial score (nSPS) is 10.4. The van der Waals surface area contributed by atoms with Gasteiger partial charge in [0, 0.05) is 26.6 Å². The average molecular weight is 326 g/mol. The summed E-state index contributed by atoms with van der Waals surface area (Å²) in [5.74, 6) is 1.04. The molecule has 2 aromatic carbocycles. The summed E-state index contributed by atoms with van der Waals surface area (Å²) in [6.07, 6.45) is 1.46. The van der Waals surface area contributed by atoms with E-state index in [9.17, 15) is 4.79 Å². The van der Waals surface area contributed by atoms with Gasteiger partial charge in [-0.3, -0.25) is 4.79 Å². The molecule has 0 saturated heterocycles. The molecule has 4 heteroatoms. The van der Waals surface area contributed by atoms with Gasteiger partial charge < -0.3 is 15.0 Å². The van der Waals surface area contributed by atoms with Crippen molar-refractivity contribution in [3.05, 3.63) is 65.7 Å². The van der Waals surface area contributed by atoms with E-state index in [1.165, 1.54) is 5.56 Å². The monoisotopic (exact) mass is 326 g/mol. The van der Waals surface area contributed by atoms with Gasteiger partial charge >= 0.3 is 0 Å². The molecule has 2 aromatic rings. The highest BCUT2D eigenvalue weighted by Crippen LogP contribution is 2.11. The van der Waals surface area contributed by atoms with Crippen molar-refractivity contribution in [2.75, 3.05) is 27.2 Å². The number of hydrogen-bond acceptors (Lipinski definition) is 3. The lowest BCUT2D eigenvalue weighted by molar-refractivity contribution is -0.130. The topological polar surface area (TPSA) is 41.6 Å². The van der Waals surface area contributed by atoms with Crippen molar-refractivity contribution in [2.45, 2.75) is 19.4 Å². The zero-order valence-electron chi connectivity index (χ0n) is 14.5. The molecule has 0 radical (unpaired) electrons. The zero-order valence-corrected chi connectivity index (χ0v) is 14.5. The van der Waals surface area contributed by atoms with Gasteiger partial charge in [0.05, 0.1) is 7.11 Å². The van der Waals surface area contributed by atoms with Crippen LogP contribution in [0.5, 0.6) is 5.75 Å². The third kappa shape index (κ3) is 6.05. The summed E-state index contributed by atoms with van der Waals surface area (Å²) in [5, 5.41) is 3.33. The van der Waals surface area contributed by atoms with E-state index in [1.54, 1.807) is 12.0 Å². The van der Waals surface area contributed by atoms with E-state index in [-0.39, 0.29) is 5.91 Å². The maximum Gasteiger partial charge on any atom is 0.223 e. The van der Waals surface area contributed by atoms with Gasteiger partial charge in [-0.15, -0.1) is 0 Å². The van der Waals surface area contributed by atoms with Crippen LogP contribution < -0.4 is 10.1 Å². The van der Waals surface area contributed by atoms with Crippen LogP contribution in [0.4, 0.5) is 0 Å². The zero-order chi connectivity index (χ0) is 17.2. The Hall–Kier alpha value is -2.33. The molecule has 0 aliphatic rings. The van der Waals surface area contributed by atoms with E-state index in [4.69, 9.17) is 4.74 Å². The minimum atomic E-state index is 0.163. The number of nitrogens with one attached hydrogen (secondary N) is 1. The third-order valence-corrected chi connectivity index (χ3v) is 3.95. The molecule has 0 saturated carbocycles. The number of ether oxygens (including phenoxy) is 1. The lowest BCUT2D eigenvalue weighted by atomic mass is 10.1. The Morgan fingerprint density at radius 1 is 1.00 bits per heavy atom. The molecule has 1 N–H and O–H groups in total. The first kappa shape index (κ1) is 18.0. The molecule has 0 aliphatic carbocycles. The molecular weight excluding hydrogens is 300 g/mol. The fourth-order valence-electron chi connectivity index (χ4n) is 2.48. The second-order valence-corrected chi connectivity index (χ2v) is 5.83. The van der Waals surface area contributed by atoms with Crippen molar-refractivity contribution in [1.29, 1.82) is 0 Å². The number of carbonyl (C=O) groups excluding carboxylic acids is 1. The molecule has 0 unspecified atom stereocenters. The predicted octanol–water partition coefficient (Wildman–Crippen LogP) is 2.88. The van der Waals surface area contributed by atoms with Gasteiger partial charge in [0.25, 0.3) is 0 Å². The number of hydrogen-bond donors (Lipinski definition) is 1. The molecule has 128 valence electrons. The van der Waals surface area contributed by atoms with Crippen LogP contribution in [0.2, 0.25) is 0 Å². The highest BCUT2D eigenvalue weighted by molar-refractivity contribution is 5.76. The Balaban J connectivity index is 1.61. The number of rotatable bonds is 9. The first-order chi connectivity index (χ1) is 11.7. The number of nitrogens with zero attached hydrogens (tertiary/aromatic N) is 1. The summed E-state index contributed by atoms with van der Waals surface area (Å²) in [7, 11) is 3.52. The Morgan fingerprint density at radius 3 is 2.38 bits per heavy atom. The van der Waals surface area contributed by atoms with E-state index in [0.717, 1.165) is 24.3 Å². The van der Waals surface area contributed by atoms with Gasteiger partial charge in [-0.25, -0.2) is 0 Å². The molecule has 4 nitrogen and oxygen atoms in total. The van der Waals surface area contributed by atoms with Crippen LogP contribution >= 0.6 is 0 Å². The summed E-state index contributed by atoms with van der Waals surface area (Å²) in [6, 6.07) is 18.1. The van der Waals surface area contributed by atoms with E-state index in [2.05, 4.69) is 17.4 Å². The minimum Gasteiger partial charge on any atom is -0.497 e. The summed E-state index contributed by atoms with van der Waals surface area (Å²) in [6.45, 7) is 2.22. The molecule has 0 atom stereocenters. The second kappa shape index (κ2) is 9.73. The largest absolute Gasteiger partial charge is 0.497 e. The minimum absolute atomic E-state index is 0.163. The van der Waals surface area contributed by atoms with E-state index >= 15 is 0 Å². The molecule has 0 spiro atoms. The van der Waals surface area contributed by atoms with Crippen LogP contribution in [-0.4, -0.2) is 38.1 Å². The first-order valence-electron chi connectivity index (χ1n) is 8.30. The van der Waals surface area contributed by atoms with Crippen molar-refractivity contribution in [1.82, 2.24) is 10.2 Å². The fourth-order valence-corrected chi connectivity index (χ4v) is 2.48. The van der Waals surface area contributed by atoms with Crippen molar-refractivity contribution < 1.29 is 9.53 Å². The SMILES string of the molecule is COc1ccc(CCNCCC(=O)N(C)Cc2ccccc2)cc1. The summed E-state index contributed by atoms with van der Waals surface area (Å²) >= 11 is 0. The molecule has 2 rings (SSSR count). The maximum atomic E-state index is 12.1. The predicted molar refractivity (Wildman–Crippen MR) is 97.1 cm³/mol. The van der Waals surface area contributed by atoms with Crippen molar-refractivity contribution in [2.24, 2.45) is 0 Å². The number of methoxy groups -OCH3 is 1. The number of amides is 1. The second-order valence-electron chi connectivity index (χ2n) is 5.83. The van der Waals surface area contributed by atoms with Crippen LogP contribution in [0.3, 0.4) is 0 Å². The van der Waals surface area contributed by atoms with Gasteiger partial charge in [0.1, 0.15) is 5.75 Å². The molecule has 0 heterocycles. The van der Waals surface area contributed by atoms with Gasteiger partial charge in [0.15, 0.2) is 0 Å². The quantitative estimate of drug-likeness (QED) is 0.721. The molecule has 0 fully saturated rings. The standard InChI is InChI=1S/C20H26N2O2/c1-22(16-18-6-4-3-5-7-18)20(23)13-15-21-14-12-17-8-10-19(24-2)11-9-17/h3-11,21H,12-16H2,1-2H3. The van der Waals surface area contributed by atoms with Gasteiger partial charge in [-0.1, -0.05) is 42.5 Å². The Morgan fingerprint density at radius 2 is 1.71 bits per heavy atom. The number of carbonyl (C=O) groups is 1. The van der Waals surface area contributed by atoms with E-state index in [0.29, 0.717) is 19.5 Å². The maximum absolute atomic E-state index is 12.1. The lowest BCUT2D eigenvalue weighted by Gasteiger charge is -2.17. The Kier molecular flexibility index (Phi) is 7.30. The lowest BCUT2D eigenvalue weighted by Crippen LogP contribution is -2.30. The van der Waals surface area contributed by atoms with Crippen molar-refractivity contribution >= 4 is 5.91 Å². The fraction of sp³-hybridized carbons (Fsp3) is 0.350. The summed E-state index contributed by atoms with van der Waals surface area (Å²) in [4.78, 5) is 13.9. The third-order valence-electron chi connectivity index (χ3n) is 3.95. The van der Waals surface area contributed by atoms with Crippen molar-refractivity contribution in [3.8, 4) is 5.75 Å². The molecule has 0 bridgehead atoms. The van der Waals surface area contributed by atoms with Crippen molar-refractivity contribution in [3.63, 3.8) is 0 Å². The molecule has 24 heavy (non-hydrogen) atoms. The van der Waals surface area contributed by atoms with Crippen LogP contribution in [0.1, 0.15) is 17.5 Å². The summed E-state index contributed by atoms with van der Waals surface area (Å²) in [5.41, 5.74) is 2.41. The highest BCUT2D eigenvalue weighted by Gasteiger charge is 2.08. The van der Waals surface area contributed by atoms with E-state index < -0.39 is 0 Å². The molecule has 1 amide bonds. The van der Waals surface area contributed by atoms with Gasteiger partial charge in [0.2, 0.25) is 5.91 Å². The van der Waals surface area contributed by atoms with Crippen LogP contribution in [-0.2, 0) is 17.8 Å². The average Bonchev–Trinajstić information content (AvgIpc) is 2.62. The molecular formula is C20H26N2O2. The molecule has 0 aliphatic heterocycles. The summed E-state index contributed by atoms with van der Waals surface area (Å²) < 4.78 is 5.15. The van der Waals surface area contributed by atoms with Crippen LogP contribution in [0.15, 0.2) is 54.6 Å². The van der Waals surface area contributed by atoms with E-state index in [1.807, 2.05) is 49.5 Å². The smallest absolute Gasteiger partial charge is 0.223 e. The number of benzene rings is 2. The molecule has 0 aromatic heterocycles.